The Morgan fingerprint density at radius 1 is 1.23 bits per heavy atom. The van der Waals surface area contributed by atoms with Crippen molar-refractivity contribution in [1.82, 2.24) is 15.1 Å². The highest BCUT2D eigenvalue weighted by Crippen LogP contribution is 2.28. The summed E-state index contributed by atoms with van der Waals surface area (Å²) in [6.45, 7) is 10.1. The predicted octanol–water partition coefficient (Wildman–Crippen LogP) is 1.16. The fraction of sp³-hybridized carbons (Fsp3) is 0.867. The van der Waals surface area contributed by atoms with Crippen molar-refractivity contribution in [3.05, 3.63) is 0 Å². The zero-order valence-corrected chi connectivity index (χ0v) is 16.0. The van der Waals surface area contributed by atoms with Crippen LogP contribution in [0.25, 0.3) is 0 Å². The summed E-state index contributed by atoms with van der Waals surface area (Å²) in [6.07, 6.45) is 2.65. The molecule has 1 amide bonds. The molecule has 6 nitrogen and oxygen atoms in total. The quantitative estimate of drug-likeness (QED) is 0.301. The van der Waals surface area contributed by atoms with Crippen LogP contribution in [-0.4, -0.2) is 74.1 Å². The molecule has 0 aromatic carbocycles. The minimum absolute atomic E-state index is 0. The van der Waals surface area contributed by atoms with Gasteiger partial charge in [-0.25, -0.2) is 0 Å². The second kappa shape index (κ2) is 10.3. The molecule has 7 heteroatoms. The van der Waals surface area contributed by atoms with E-state index in [1.807, 2.05) is 4.90 Å². The Morgan fingerprint density at radius 3 is 2.41 bits per heavy atom. The number of nitrogens with zero attached hydrogens (tertiary/aromatic N) is 3. The van der Waals surface area contributed by atoms with Crippen molar-refractivity contribution >= 4 is 35.8 Å². The van der Waals surface area contributed by atoms with Crippen LogP contribution in [0.5, 0.6) is 0 Å². The monoisotopic (exact) mass is 424 g/mol. The molecule has 2 aliphatic rings. The number of halogens is 1. The van der Waals surface area contributed by atoms with Crippen LogP contribution in [0.1, 0.15) is 26.7 Å². The van der Waals surface area contributed by atoms with E-state index in [9.17, 15) is 4.79 Å². The number of ether oxygens (including phenoxy) is 1. The molecule has 128 valence electrons. The van der Waals surface area contributed by atoms with Crippen LogP contribution >= 0.6 is 24.0 Å². The fourth-order valence-electron chi connectivity index (χ4n) is 2.41. The van der Waals surface area contributed by atoms with E-state index >= 15 is 0 Å². The molecule has 1 saturated heterocycles. The van der Waals surface area contributed by atoms with Gasteiger partial charge in [0.2, 0.25) is 5.91 Å². The summed E-state index contributed by atoms with van der Waals surface area (Å²) < 4.78 is 5.62. The molecule has 0 aromatic rings. The zero-order chi connectivity index (χ0) is 15.1. The molecule has 1 N–H and O–H groups in total. The van der Waals surface area contributed by atoms with E-state index in [1.165, 1.54) is 12.8 Å². The van der Waals surface area contributed by atoms with Crippen molar-refractivity contribution in [2.75, 3.05) is 52.5 Å². The van der Waals surface area contributed by atoms with E-state index in [0.717, 1.165) is 51.2 Å². The first-order chi connectivity index (χ1) is 10.2. The van der Waals surface area contributed by atoms with E-state index < -0.39 is 0 Å². The largest absolute Gasteiger partial charge is 0.379 e. The Morgan fingerprint density at radius 2 is 1.86 bits per heavy atom. The number of hydrogen-bond donors (Lipinski definition) is 1. The predicted molar refractivity (Wildman–Crippen MR) is 98.8 cm³/mol. The molecule has 0 spiro atoms. The standard InChI is InChI=1S/C15H28N4O2.HI/c1-3-16-15(17-6-11-21-12-14-4-5-14)19-9-7-18(8-10-19)13(2)20;/h14H,3-12H2,1-2H3,(H,16,17);1H. The average molecular weight is 424 g/mol. The SMILES string of the molecule is CCNC(=NCCOCC1CC1)N1CCN(C(C)=O)CC1.I. The molecule has 1 aliphatic heterocycles. The molecule has 0 aromatic heterocycles. The van der Waals surface area contributed by atoms with Crippen molar-refractivity contribution in [2.24, 2.45) is 10.9 Å². The topological polar surface area (TPSA) is 57.2 Å². The molecule has 1 saturated carbocycles. The summed E-state index contributed by atoms with van der Waals surface area (Å²) in [7, 11) is 0. The van der Waals surface area contributed by atoms with Crippen LogP contribution in [-0.2, 0) is 9.53 Å². The van der Waals surface area contributed by atoms with Gasteiger partial charge < -0.3 is 19.9 Å². The van der Waals surface area contributed by atoms with Gasteiger partial charge in [0.1, 0.15) is 0 Å². The molecule has 0 unspecified atom stereocenters. The number of aliphatic imine (C=N–C) groups is 1. The Labute approximate surface area is 150 Å². The Balaban J connectivity index is 0.00000242. The maximum atomic E-state index is 11.4. The van der Waals surface area contributed by atoms with Crippen LogP contribution in [0, 0.1) is 5.92 Å². The molecular weight excluding hydrogens is 395 g/mol. The molecule has 0 bridgehead atoms. The van der Waals surface area contributed by atoms with Gasteiger partial charge in [0.05, 0.1) is 13.2 Å². The number of amides is 1. The fourth-order valence-corrected chi connectivity index (χ4v) is 2.41. The Kier molecular flexibility index (Phi) is 9.08. The maximum absolute atomic E-state index is 11.4. The minimum atomic E-state index is 0. The Bertz CT molecular complexity index is 367. The van der Waals surface area contributed by atoms with Gasteiger partial charge in [-0.15, -0.1) is 24.0 Å². The summed E-state index contributed by atoms with van der Waals surface area (Å²) in [5.74, 6) is 1.91. The van der Waals surface area contributed by atoms with Crippen LogP contribution in [0.15, 0.2) is 4.99 Å². The summed E-state index contributed by atoms with van der Waals surface area (Å²) in [5.41, 5.74) is 0. The first-order valence-electron chi connectivity index (χ1n) is 8.07. The zero-order valence-electron chi connectivity index (χ0n) is 13.7. The molecule has 0 radical (unpaired) electrons. The average Bonchev–Trinajstić information content (AvgIpc) is 3.30. The summed E-state index contributed by atoms with van der Waals surface area (Å²) in [5, 5.41) is 3.33. The van der Waals surface area contributed by atoms with E-state index in [1.54, 1.807) is 6.92 Å². The second-order valence-electron chi connectivity index (χ2n) is 5.75. The molecular formula is C15H29IN4O2. The lowest BCUT2D eigenvalue weighted by molar-refractivity contribution is -0.130. The lowest BCUT2D eigenvalue weighted by atomic mass is 10.3. The van der Waals surface area contributed by atoms with Gasteiger partial charge >= 0.3 is 0 Å². The molecule has 2 rings (SSSR count). The van der Waals surface area contributed by atoms with E-state index in [2.05, 4.69) is 22.1 Å². The highest BCUT2D eigenvalue weighted by atomic mass is 127. The van der Waals surface area contributed by atoms with Crippen molar-refractivity contribution in [2.45, 2.75) is 26.7 Å². The molecule has 0 atom stereocenters. The van der Waals surface area contributed by atoms with E-state index in [-0.39, 0.29) is 29.9 Å². The van der Waals surface area contributed by atoms with Crippen LogP contribution in [0.2, 0.25) is 0 Å². The van der Waals surface area contributed by atoms with Gasteiger partial charge in [-0.1, -0.05) is 0 Å². The van der Waals surface area contributed by atoms with Crippen molar-refractivity contribution in [3.8, 4) is 0 Å². The first kappa shape index (κ1) is 19.5. The van der Waals surface area contributed by atoms with Crippen LogP contribution in [0.3, 0.4) is 0 Å². The molecule has 1 heterocycles. The van der Waals surface area contributed by atoms with Gasteiger partial charge in [-0.2, -0.15) is 0 Å². The van der Waals surface area contributed by atoms with Gasteiger partial charge in [0, 0.05) is 46.3 Å². The maximum Gasteiger partial charge on any atom is 0.219 e. The summed E-state index contributed by atoms with van der Waals surface area (Å²) in [4.78, 5) is 20.1. The van der Waals surface area contributed by atoms with E-state index in [0.29, 0.717) is 13.2 Å². The minimum Gasteiger partial charge on any atom is -0.379 e. The first-order valence-corrected chi connectivity index (χ1v) is 8.07. The van der Waals surface area contributed by atoms with Crippen molar-refractivity contribution < 1.29 is 9.53 Å². The summed E-state index contributed by atoms with van der Waals surface area (Å²) >= 11 is 0. The normalized spacial score (nSPS) is 18.9. The number of carbonyl (C=O) groups is 1. The third-order valence-corrected chi connectivity index (χ3v) is 3.91. The molecule has 1 aliphatic carbocycles. The smallest absolute Gasteiger partial charge is 0.219 e. The van der Waals surface area contributed by atoms with Crippen molar-refractivity contribution in [3.63, 3.8) is 0 Å². The number of rotatable bonds is 6. The number of hydrogen-bond acceptors (Lipinski definition) is 3. The third kappa shape index (κ3) is 6.68. The van der Waals surface area contributed by atoms with Gasteiger partial charge in [0.15, 0.2) is 5.96 Å². The van der Waals surface area contributed by atoms with E-state index in [4.69, 9.17) is 4.74 Å². The lowest BCUT2D eigenvalue weighted by Crippen LogP contribution is -2.53. The van der Waals surface area contributed by atoms with Crippen LogP contribution in [0.4, 0.5) is 0 Å². The van der Waals surface area contributed by atoms with Gasteiger partial charge in [0.25, 0.3) is 0 Å². The van der Waals surface area contributed by atoms with Crippen LogP contribution < -0.4 is 5.32 Å². The highest BCUT2D eigenvalue weighted by molar-refractivity contribution is 14.0. The van der Waals surface area contributed by atoms with Gasteiger partial charge in [-0.3, -0.25) is 9.79 Å². The third-order valence-electron chi connectivity index (χ3n) is 3.91. The number of carbonyl (C=O) groups excluding carboxylic acids is 1. The Hall–Kier alpha value is -0.570. The highest BCUT2D eigenvalue weighted by Gasteiger charge is 2.22. The summed E-state index contributed by atoms with van der Waals surface area (Å²) in [6, 6.07) is 0. The second-order valence-corrected chi connectivity index (χ2v) is 5.75. The number of piperazine rings is 1. The van der Waals surface area contributed by atoms with Gasteiger partial charge in [-0.05, 0) is 25.7 Å². The molecule has 22 heavy (non-hydrogen) atoms. The molecule has 2 fully saturated rings. The number of guanidine groups is 1. The van der Waals surface area contributed by atoms with Crippen molar-refractivity contribution in [1.29, 1.82) is 0 Å². The lowest BCUT2D eigenvalue weighted by Gasteiger charge is -2.36. The number of nitrogens with one attached hydrogen (secondary N) is 1.